The van der Waals surface area contributed by atoms with E-state index in [0.717, 1.165) is 31.2 Å². The number of carbonyl (C=O) groups is 2. The van der Waals surface area contributed by atoms with E-state index < -0.39 is 18.6 Å². The molecule has 0 N–H and O–H groups in total. The summed E-state index contributed by atoms with van der Waals surface area (Å²) in [6, 6.07) is 7.06. The van der Waals surface area contributed by atoms with Crippen LogP contribution in [0.2, 0.25) is 0 Å². The monoisotopic (exact) mass is 442 g/mol. The lowest BCUT2D eigenvalue weighted by Crippen LogP contribution is -2.10. The minimum Gasteiger partial charge on any atom is -0.494 e. The van der Waals surface area contributed by atoms with Gasteiger partial charge in [-0.05, 0) is 62.8 Å². The smallest absolute Gasteiger partial charge is 0.389 e. The molecule has 0 aliphatic carbocycles. The van der Waals surface area contributed by atoms with Crippen LogP contribution in [0.3, 0.4) is 0 Å². The molecule has 1 aromatic carbocycles. The van der Waals surface area contributed by atoms with E-state index in [1.807, 2.05) is 0 Å². The highest BCUT2D eigenvalue weighted by Gasteiger charge is 2.26. The fourth-order valence-electron chi connectivity index (χ4n) is 2.37. The molecule has 8 heteroatoms. The van der Waals surface area contributed by atoms with Crippen LogP contribution in [0.15, 0.2) is 42.5 Å². The second-order valence-electron chi connectivity index (χ2n) is 6.97. The normalized spacial score (nSPS) is 11.4. The van der Waals surface area contributed by atoms with E-state index in [4.69, 9.17) is 14.2 Å². The Morgan fingerprint density at radius 2 is 1.55 bits per heavy atom. The van der Waals surface area contributed by atoms with Crippen molar-refractivity contribution in [3.05, 3.63) is 48.1 Å². The summed E-state index contributed by atoms with van der Waals surface area (Å²) in [7, 11) is 0. The van der Waals surface area contributed by atoms with Crippen molar-refractivity contribution in [2.75, 3.05) is 19.8 Å². The van der Waals surface area contributed by atoms with Gasteiger partial charge < -0.3 is 14.2 Å². The molecule has 0 aliphatic rings. The SMILES string of the molecule is C=C(C)C(=O)OCCCCCCOc1ccc(/C=C/C(=O)OCCCC(F)(F)F)cc1. The van der Waals surface area contributed by atoms with E-state index in [1.165, 1.54) is 12.2 Å². The molecule has 0 fully saturated rings. The maximum atomic E-state index is 12.0. The highest BCUT2D eigenvalue weighted by Crippen LogP contribution is 2.21. The molecule has 0 spiro atoms. The van der Waals surface area contributed by atoms with Crippen molar-refractivity contribution in [3.8, 4) is 5.75 Å². The van der Waals surface area contributed by atoms with Gasteiger partial charge in [0.1, 0.15) is 5.75 Å². The number of hydrogen-bond acceptors (Lipinski definition) is 5. The van der Waals surface area contributed by atoms with Crippen LogP contribution in [0, 0.1) is 0 Å². The van der Waals surface area contributed by atoms with Crippen LogP contribution in [0.25, 0.3) is 6.08 Å². The maximum Gasteiger partial charge on any atom is 0.389 e. The van der Waals surface area contributed by atoms with Crippen LogP contribution in [-0.4, -0.2) is 37.9 Å². The number of hydrogen-bond donors (Lipinski definition) is 0. The summed E-state index contributed by atoms with van der Waals surface area (Å²) in [5.74, 6) is -0.349. The molecule has 1 rings (SSSR count). The number of benzene rings is 1. The topological polar surface area (TPSA) is 61.8 Å². The molecule has 0 radical (unpaired) electrons. The fraction of sp³-hybridized carbons (Fsp3) is 0.478. The number of ether oxygens (including phenoxy) is 3. The van der Waals surface area contributed by atoms with Crippen LogP contribution in [0.4, 0.5) is 13.2 Å². The Kier molecular flexibility index (Phi) is 12.1. The van der Waals surface area contributed by atoms with Gasteiger partial charge in [-0.1, -0.05) is 18.7 Å². The zero-order valence-electron chi connectivity index (χ0n) is 17.7. The summed E-state index contributed by atoms with van der Waals surface area (Å²) in [5, 5.41) is 0. The van der Waals surface area contributed by atoms with Gasteiger partial charge in [-0.2, -0.15) is 13.2 Å². The standard InChI is InChI=1S/C23H29F3O5/c1-18(2)22(28)31-16-6-4-3-5-15-29-20-11-8-19(9-12-20)10-13-21(27)30-17-7-14-23(24,25)26/h8-13H,1,3-7,14-17H2,2H3/b13-10+. The summed E-state index contributed by atoms with van der Waals surface area (Å²) < 4.78 is 51.4. The van der Waals surface area contributed by atoms with E-state index in [2.05, 4.69) is 6.58 Å². The van der Waals surface area contributed by atoms with Gasteiger partial charge in [0.25, 0.3) is 0 Å². The van der Waals surface area contributed by atoms with Crippen molar-refractivity contribution in [3.63, 3.8) is 0 Å². The molecular weight excluding hydrogens is 413 g/mol. The maximum absolute atomic E-state index is 12.0. The molecule has 0 saturated heterocycles. The average Bonchev–Trinajstić information content (AvgIpc) is 2.71. The molecule has 0 atom stereocenters. The van der Waals surface area contributed by atoms with Crippen molar-refractivity contribution in [2.45, 2.75) is 51.6 Å². The lowest BCUT2D eigenvalue weighted by Gasteiger charge is -2.07. The van der Waals surface area contributed by atoms with Crippen LogP contribution in [-0.2, 0) is 19.1 Å². The Morgan fingerprint density at radius 1 is 0.935 bits per heavy atom. The summed E-state index contributed by atoms with van der Waals surface area (Å²) >= 11 is 0. The Hall–Kier alpha value is -2.77. The van der Waals surface area contributed by atoms with Crippen molar-refractivity contribution in [1.29, 1.82) is 0 Å². The van der Waals surface area contributed by atoms with Gasteiger partial charge in [0, 0.05) is 18.1 Å². The van der Waals surface area contributed by atoms with Gasteiger partial charge >= 0.3 is 18.1 Å². The molecule has 0 aromatic heterocycles. The Labute approximate surface area is 180 Å². The molecule has 1 aromatic rings. The number of carbonyl (C=O) groups excluding carboxylic acids is 2. The third-order valence-corrected chi connectivity index (χ3v) is 4.03. The first-order chi connectivity index (χ1) is 14.7. The van der Waals surface area contributed by atoms with Gasteiger partial charge in [-0.3, -0.25) is 0 Å². The number of esters is 2. The molecule has 31 heavy (non-hydrogen) atoms. The van der Waals surface area contributed by atoms with E-state index in [9.17, 15) is 22.8 Å². The molecular formula is C23H29F3O5. The Bertz CT molecular complexity index is 724. The fourth-order valence-corrected chi connectivity index (χ4v) is 2.37. The third-order valence-electron chi connectivity index (χ3n) is 4.03. The summed E-state index contributed by atoms with van der Waals surface area (Å²) in [6.45, 7) is 5.82. The minimum atomic E-state index is -4.24. The van der Waals surface area contributed by atoms with Crippen molar-refractivity contribution in [2.24, 2.45) is 0 Å². The third kappa shape index (κ3) is 14.0. The minimum absolute atomic E-state index is 0.252. The van der Waals surface area contributed by atoms with Gasteiger partial charge in [0.05, 0.1) is 19.8 Å². The molecule has 0 unspecified atom stereocenters. The van der Waals surface area contributed by atoms with Crippen LogP contribution >= 0.6 is 0 Å². The lowest BCUT2D eigenvalue weighted by atomic mass is 10.2. The Balaban J connectivity index is 2.15. The predicted molar refractivity (Wildman–Crippen MR) is 111 cm³/mol. The molecule has 0 heterocycles. The number of unbranched alkanes of at least 4 members (excludes halogenated alkanes) is 3. The molecule has 5 nitrogen and oxygen atoms in total. The highest BCUT2D eigenvalue weighted by molar-refractivity contribution is 5.87. The van der Waals surface area contributed by atoms with E-state index in [0.29, 0.717) is 24.5 Å². The van der Waals surface area contributed by atoms with Gasteiger partial charge in [-0.15, -0.1) is 0 Å². The largest absolute Gasteiger partial charge is 0.494 e. The second-order valence-corrected chi connectivity index (χ2v) is 6.97. The molecule has 172 valence electrons. The van der Waals surface area contributed by atoms with Crippen molar-refractivity contribution >= 4 is 18.0 Å². The van der Waals surface area contributed by atoms with Crippen LogP contribution < -0.4 is 4.74 Å². The summed E-state index contributed by atoms with van der Waals surface area (Å²) in [4.78, 5) is 22.7. The number of alkyl halides is 3. The zero-order chi connectivity index (χ0) is 23.1. The molecule has 0 amide bonds. The first kappa shape index (κ1) is 26.3. The zero-order valence-corrected chi connectivity index (χ0v) is 17.7. The molecule has 0 aliphatic heterocycles. The first-order valence-corrected chi connectivity index (χ1v) is 10.1. The van der Waals surface area contributed by atoms with Gasteiger partial charge in [-0.25, -0.2) is 9.59 Å². The summed E-state index contributed by atoms with van der Waals surface area (Å²) in [5.41, 5.74) is 1.14. The van der Waals surface area contributed by atoms with Crippen LogP contribution in [0.1, 0.15) is 51.0 Å². The van der Waals surface area contributed by atoms with E-state index in [-0.39, 0.29) is 19.0 Å². The lowest BCUT2D eigenvalue weighted by molar-refractivity contribution is -0.146. The Morgan fingerprint density at radius 3 is 2.16 bits per heavy atom. The van der Waals surface area contributed by atoms with Gasteiger partial charge in [0.15, 0.2) is 0 Å². The van der Waals surface area contributed by atoms with Crippen LogP contribution in [0.5, 0.6) is 5.75 Å². The summed E-state index contributed by atoms with van der Waals surface area (Å²) in [6.07, 6.45) is 0.787. The quantitative estimate of drug-likeness (QED) is 0.212. The average molecular weight is 442 g/mol. The van der Waals surface area contributed by atoms with E-state index in [1.54, 1.807) is 31.2 Å². The first-order valence-electron chi connectivity index (χ1n) is 10.1. The predicted octanol–water partition coefficient (Wildman–Crippen LogP) is 5.64. The molecule has 0 bridgehead atoms. The van der Waals surface area contributed by atoms with Gasteiger partial charge in [0.2, 0.25) is 0 Å². The van der Waals surface area contributed by atoms with Crippen molar-refractivity contribution in [1.82, 2.24) is 0 Å². The number of halogens is 3. The van der Waals surface area contributed by atoms with E-state index >= 15 is 0 Å². The van der Waals surface area contributed by atoms with Crippen molar-refractivity contribution < 1.29 is 37.0 Å². The number of rotatable bonds is 14. The highest BCUT2D eigenvalue weighted by atomic mass is 19.4. The second kappa shape index (κ2) is 14.3. The molecule has 0 saturated carbocycles.